The van der Waals surface area contributed by atoms with E-state index in [2.05, 4.69) is 47.4 Å². The van der Waals surface area contributed by atoms with Crippen LogP contribution in [0.5, 0.6) is 28.7 Å². The first-order chi connectivity index (χ1) is 22.2. The van der Waals surface area contributed by atoms with Crippen molar-refractivity contribution in [2.45, 2.75) is 0 Å². The molecule has 10 nitrogen and oxygen atoms in total. The predicted octanol–water partition coefficient (Wildman–Crippen LogP) is 8.03. The van der Waals surface area contributed by atoms with Crippen molar-refractivity contribution in [1.82, 2.24) is 10.4 Å². The molecule has 236 valence electrons. The summed E-state index contributed by atoms with van der Waals surface area (Å²) in [6.45, 7) is 0. The summed E-state index contributed by atoms with van der Waals surface area (Å²) in [4.78, 5) is 30.1. The van der Waals surface area contributed by atoms with Crippen LogP contribution in [0.3, 0.4) is 0 Å². The standard InChI is InChI=1S/C33H26Br2ClN3O7/c1-42-24-11-7-9-21-27(20-8-5-6-10-23(20)36)29(38-28(21)24)32(40)39-37-16-18-12-19(34)15-22(35)30(18)46-33(41)17-13-25(43-2)31(45-4)26(14-17)44-3/h5-16,38H,1-4H3,(H,39,40). The van der Waals surface area contributed by atoms with Crippen LogP contribution in [0.25, 0.3) is 22.0 Å². The summed E-state index contributed by atoms with van der Waals surface area (Å²) in [5.74, 6) is 0.406. The first-order valence-electron chi connectivity index (χ1n) is 13.5. The predicted molar refractivity (Wildman–Crippen MR) is 183 cm³/mol. The van der Waals surface area contributed by atoms with Gasteiger partial charge in [-0.1, -0.05) is 57.9 Å². The molecule has 13 heteroatoms. The number of carbonyl (C=O) groups is 2. The number of para-hydroxylation sites is 1. The zero-order chi connectivity index (χ0) is 33.0. The van der Waals surface area contributed by atoms with Crippen LogP contribution in [-0.2, 0) is 0 Å². The minimum absolute atomic E-state index is 0.154. The molecule has 0 bridgehead atoms. The van der Waals surface area contributed by atoms with E-state index in [4.69, 9.17) is 35.3 Å². The molecular weight excluding hydrogens is 746 g/mol. The van der Waals surface area contributed by atoms with E-state index in [9.17, 15) is 9.59 Å². The second-order valence-corrected chi connectivity index (χ2v) is 11.7. The number of nitrogens with one attached hydrogen (secondary N) is 2. The minimum Gasteiger partial charge on any atom is -0.495 e. The summed E-state index contributed by atoms with van der Waals surface area (Å²) in [6, 6.07) is 19.1. The maximum absolute atomic E-state index is 13.6. The van der Waals surface area contributed by atoms with Crippen molar-refractivity contribution >= 4 is 72.5 Å². The number of benzene rings is 4. The molecule has 0 radical (unpaired) electrons. The van der Waals surface area contributed by atoms with Gasteiger partial charge in [0.25, 0.3) is 5.91 Å². The number of aromatic amines is 1. The van der Waals surface area contributed by atoms with Crippen LogP contribution in [0.15, 0.2) is 80.8 Å². The third-order valence-electron chi connectivity index (χ3n) is 6.89. The number of ether oxygens (including phenoxy) is 5. The number of methoxy groups -OCH3 is 4. The molecule has 0 aliphatic heterocycles. The summed E-state index contributed by atoms with van der Waals surface area (Å²) >= 11 is 13.5. The van der Waals surface area contributed by atoms with E-state index in [0.29, 0.717) is 59.2 Å². The molecule has 1 aromatic heterocycles. The fourth-order valence-electron chi connectivity index (χ4n) is 4.83. The molecule has 5 rings (SSSR count). The van der Waals surface area contributed by atoms with E-state index in [0.717, 1.165) is 5.39 Å². The first-order valence-corrected chi connectivity index (χ1v) is 15.4. The van der Waals surface area contributed by atoms with E-state index in [1.54, 1.807) is 31.4 Å². The van der Waals surface area contributed by atoms with Gasteiger partial charge in [-0.05, 0) is 52.3 Å². The molecule has 0 saturated carbocycles. The molecule has 0 atom stereocenters. The summed E-state index contributed by atoms with van der Waals surface area (Å²) < 4.78 is 28.5. The Labute approximate surface area is 285 Å². The summed E-state index contributed by atoms with van der Waals surface area (Å²) in [6.07, 6.45) is 1.36. The Bertz CT molecular complexity index is 1970. The lowest BCUT2D eigenvalue weighted by atomic mass is 10.0. The monoisotopic (exact) mass is 769 g/mol. The Morgan fingerprint density at radius 3 is 2.20 bits per heavy atom. The van der Waals surface area contributed by atoms with Crippen LogP contribution in [0.4, 0.5) is 0 Å². The number of H-pyrrole nitrogens is 1. The van der Waals surface area contributed by atoms with Crippen LogP contribution in [0, 0.1) is 0 Å². The quantitative estimate of drug-likeness (QED) is 0.0639. The highest BCUT2D eigenvalue weighted by Crippen LogP contribution is 2.41. The highest BCUT2D eigenvalue weighted by atomic mass is 79.9. The normalized spacial score (nSPS) is 11.0. The van der Waals surface area contributed by atoms with Gasteiger partial charge in [0.2, 0.25) is 5.75 Å². The number of aromatic nitrogens is 1. The smallest absolute Gasteiger partial charge is 0.343 e. The number of fused-ring (bicyclic) bond motifs is 1. The van der Waals surface area contributed by atoms with Gasteiger partial charge in [-0.2, -0.15) is 5.10 Å². The molecule has 0 fully saturated rings. The number of hydrazone groups is 1. The van der Waals surface area contributed by atoms with E-state index in [-0.39, 0.29) is 17.0 Å². The van der Waals surface area contributed by atoms with Crippen molar-refractivity contribution in [2.24, 2.45) is 5.10 Å². The van der Waals surface area contributed by atoms with Gasteiger partial charge < -0.3 is 28.7 Å². The lowest BCUT2D eigenvalue weighted by molar-refractivity contribution is 0.0732. The lowest BCUT2D eigenvalue weighted by Gasteiger charge is -2.15. The van der Waals surface area contributed by atoms with E-state index < -0.39 is 11.9 Å². The molecular formula is C33H26Br2ClN3O7. The third kappa shape index (κ3) is 6.55. The molecule has 0 saturated heterocycles. The SMILES string of the molecule is COc1cc(C(=O)Oc2c(Br)cc(Br)cc2C=NNC(=O)c2[nH]c3c(OC)cccc3c2-c2ccccc2Cl)cc(OC)c1OC. The zero-order valence-electron chi connectivity index (χ0n) is 24.9. The highest BCUT2D eigenvalue weighted by Gasteiger charge is 2.23. The molecule has 0 unspecified atom stereocenters. The number of hydrogen-bond acceptors (Lipinski definition) is 8. The van der Waals surface area contributed by atoms with E-state index >= 15 is 0 Å². The molecule has 0 spiro atoms. The van der Waals surface area contributed by atoms with Gasteiger partial charge in [0.05, 0.1) is 50.2 Å². The van der Waals surface area contributed by atoms with Crippen molar-refractivity contribution in [3.05, 3.63) is 97.5 Å². The van der Waals surface area contributed by atoms with Crippen LogP contribution < -0.4 is 29.1 Å². The van der Waals surface area contributed by atoms with Crippen molar-refractivity contribution in [3.8, 4) is 39.9 Å². The Hall–Kier alpha value is -4.52. The van der Waals surface area contributed by atoms with Gasteiger partial charge in [0.15, 0.2) is 17.2 Å². The summed E-state index contributed by atoms with van der Waals surface area (Å²) in [5.41, 5.74) is 5.22. The van der Waals surface area contributed by atoms with Crippen LogP contribution in [0.1, 0.15) is 26.4 Å². The molecule has 0 aliphatic carbocycles. The molecule has 1 amide bonds. The average Bonchev–Trinajstić information content (AvgIpc) is 3.45. The maximum atomic E-state index is 13.6. The summed E-state index contributed by atoms with van der Waals surface area (Å²) in [7, 11) is 5.92. The van der Waals surface area contributed by atoms with Gasteiger partial charge in [0, 0.05) is 31.6 Å². The molecule has 0 aliphatic rings. The van der Waals surface area contributed by atoms with E-state index in [1.165, 1.54) is 39.7 Å². The van der Waals surface area contributed by atoms with Crippen LogP contribution in [-0.4, -0.2) is 51.5 Å². The number of rotatable bonds is 10. The second-order valence-electron chi connectivity index (χ2n) is 9.55. The molecule has 1 heterocycles. The van der Waals surface area contributed by atoms with Crippen molar-refractivity contribution in [2.75, 3.05) is 28.4 Å². The lowest BCUT2D eigenvalue weighted by Crippen LogP contribution is -2.19. The van der Waals surface area contributed by atoms with Crippen molar-refractivity contribution < 1.29 is 33.3 Å². The van der Waals surface area contributed by atoms with Crippen LogP contribution in [0.2, 0.25) is 5.02 Å². The zero-order valence-corrected chi connectivity index (χ0v) is 28.8. The van der Waals surface area contributed by atoms with Crippen LogP contribution >= 0.6 is 43.5 Å². The average molecular weight is 772 g/mol. The Kier molecular flexibility index (Phi) is 10.2. The number of amides is 1. The molecule has 4 aromatic carbocycles. The fourth-order valence-corrected chi connectivity index (χ4v) is 6.39. The Morgan fingerprint density at radius 2 is 1.54 bits per heavy atom. The minimum atomic E-state index is -0.697. The largest absolute Gasteiger partial charge is 0.495 e. The van der Waals surface area contributed by atoms with Crippen molar-refractivity contribution in [3.63, 3.8) is 0 Å². The number of halogens is 3. The highest BCUT2D eigenvalue weighted by molar-refractivity contribution is 9.11. The first kappa shape index (κ1) is 32.9. The van der Waals surface area contributed by atoms with E-state index in [1.807, 2.05) is 30.3 Å². The van der Waals surface area contributed by atoms with Crippen molar-refractivity contribution in [1.29, 1.82) is 0 Å². The number of carbonyl (C=O) groups excluding carboxylic acids is 2. The Balaban J connectivity index is 1.47. The second kappa shape index (κ2) is 14.3. The Morgan fingerprint density at radius 1 is 0.848 bits per heavy atom. The fraction of sp³-hybridized carbons (Fsp3) is 0.121. The van der Waals surface area contributed by atoms with Gasteiger partial charge in [-0.25, -0.2) is 10.2 Å². The number of nitrogens with zero attached hydrogens (tertiary/aromatic N) is 1. The maximum Gasteiger partial charge on any atom is 0.343 e. The number of esters is 1. The topological polar surface area (TPSA) is 120 Å². The molecule has 46 heavy (non-hydrogen) atoms. The number of hydrogen-bond donors (Lipinski definition) is 2. The van der Waals surface area contributed by atoms with Gasteiger partial charge in [-0.3, -0.25) is 4.79 Å². The summed E-state index contributed by atoms with van der Waals surface area (Å²) in [5, 5.41) is 5.41. The van der Waals surface area contributed by atoms with Gasteiger partial charge in [0.1, 0.15) is 11.4 Å². The van der Waals surface area contributed by atoms with Gasteiger partial charge >= 0.3 is 5.97 Å². The molecule has 2 N–H and O–H groups in total. The van der Waals surface area contributed by atoms with Gasteiger partial charge in [-0.15, -0.1) is 0 Å². The third-order valence-corrected chi connectivity index (χ3v) is 8.26. The molecule has 5 aromatic rings.